The summed E-state index contributed by atoms with van der Waals surface area (Å²) in [7, 11) is -5.57. The standard InChI is InChI=1S/C14H30O2SSi2/c1-18(2,3)13(7-8-13)11-17(15,16)12-14(9-10-14)19(4,5)6/h7-12H2,1-6H3. The van der Waals surface area contributed by atoms with E-state index in [1.54, 1.807) is 0 Å². The number of rotatable bonds is 6. The normalized spacial score (nSPS) is 25.2. The number of hydrogen-bond acceptors (Lipinski definition) is 2. The largest absolute Gasteiger partial charge is 0.229 e. The molecule has 0 atom stereocenters. The molecule has 2 saturated carbocycles. The molecule has 5 heteroatoms. The molecule has 2 aliphatic carbocycles. The van der Waals surface area contributed by atoms with E-state index in [0.29, 0.717) is 11.5 Å². The fourth-order valence-electron chi connectivity index (χ4n) is 3.42. The molecular weight excluding hydrogens is 288 g/mol. The van der Waals surface area contributed by atoms with Crippen LogP contribution in [0.4, 0.5) is 0 Å². The van der Waals surface area contributed by atoms with Crippen LogP contribution in [-0.4, -0.2) is 36.1 Å². The van der Waals surface area contributed by atoms with E-state index in [4.69, 9.17) is 0 Å². The molecule has 0 aliphatic heterocycles. The first-order valence-electron chi connectivity index (χ1n) is 7.53. The first-order valence-corrected chi connectivity index (χ1v) is 16.4. The Morgan fingerprint density at radius 1 is 0.737 bits per heavy atom. The second-order valence-electron chi connectivity index (χ2n) is 9.09. The van der Waals surface area contributed by atoms with Crippen LogP contribution in [0.1, 0.15) is 25.7 Å². The van der Waals surface area contributed by atoms with Gasteiger partial charge in [-0.05, 0) is 35.8 Å². The highest BCUT2D eigenvalue weighted by atomic mass is 32.2. The molecule has 0 unspecified atom stereocenters. The van der Waals surface area contributed by atoms with Crippen LogP contribution >= 0.6 is 0 Å². The van der Waals surface area contributed by atoms with Crippen LogP contribution in [0.2, 0.25) is 49.4 Å². The lowest BCUT2D eigenvalue weighted by Crippen LogP contribution is -2.39. The molecule has 0 aromatic rings. The lowest BCUT2D eigenvalue weighted by atomic mass is 10.5. The summed E-state index contributed by atoms with van der Waals surface area (Å²) < 4.78 is 25.4. The van der Waals surface area contributed by atoms with Gasteiger partial charge in [-0.15, -0.1) is 0 Å². The fraction of sp³-hybridized carbons (Fsp3) is 1.00. The molecule has 2 fully saturated rings. The molecular formula is C14H30O2SSi2. The van der Waals surface area contributed by atoms with Gasteiger partial charge in [0.25, 0.3) is 0 Å². The first-order chi connectivity index (χ1) is 8.33. The Balaban J connectivity index is 2.10. The summed E-state index contributed by atoms with van der Waals surface area (Å²) in [6.07, 6.45) is 4.62. The van der Waals surface area contributed by atoms with Gasteiger partial charge in [-0.25, -0.2) is 8.42 Å². The smallest absolute Gasteiger partial charge is 0.150 e. The molecule has 0 aromatic carbocycles. The molecule has 0 amide bonds. The second kappa shape index (κ2) is 4.20. The molecule has 0 aromatic heterocycles. The van der Waals surface area contributed by atoms with Crippen LogP contribution in [0.5, 0.6) is 0 Å². The Kier molecular flexibility index (Phi) is 3.48. The molecule has 0 spiro atoms. The van der Waals surface area contributed by atoms with Crippen molar-refractivity contribution in [1.82, 2.24) is 0 Å². The van der Waals surface area contributed by atoms with E-state index in [1.807, 2.05) is 0 Å². The van der Waals surface area contributed by atoms with Crippen molar-refractivity contribution in [2.45, 2.75) is 75.0 Å². The van der Waals surface area contributed by atoms with Crippen LogP contribution in [-0.2, 0) is 9.84 Å². The minimum atomic E-state index is -2.87. The van der Waals surface area contributed by atoms with Gasteiger partial charge in [-0.1, -0.05) is 39.3 Å². The Labute approximate surface area is 121 Å². The van der Waals surface area contributed by atoms with Crippen molar-refractivity contribution in [2.24, 2.45) is 0 Å². The Bertz CT molecular complexity index is 423. The maximum atomic E-state index is 12.7. The maximum Gasteiger partial charge on any atom is 0.150 e. The van der Waals surface area contributed by atoms with E-state index in [2.05, 4.69) is 39.3 Å². The topological polar surface area (TPSA) is 34.1 Å². The molecule has 0 heterocycles. The SMILES string of the molecule is C[Si](C)(C)C1(CS(=O)(=O)CC2([Si](C)(C)C)CC2)CC1. The van der Waals surface area contributed by atoms with Crippen molar-refractivity contribution >= 4 is 26.0 Å². The van der Waals surface area contributed by atoms with E-state index in [1.165, 1.54) is 0 Å². The van der Waals surface area contributed by atoms with Crippen LogP contribution in [0.25, 0.3) is 0 Å². The van der Waals surface area contributed by atoms with Gasteiger partial charge in [-0.2, -0.15) is 0 Å². The zero-order chi connectivity index (χ0) is 14.7. The third-order valence-corrected chi connectivity index (χ3v) is 16.1. The minimum Gasteiger partial charge on any atom is -0.229 e. The summed E-state index contributed by atoms with van der Waals surface area (Å²) in [6, 6.07) is 0. The first kappa shape index (κ1) is 15.8. The number of sulfone groups is 1. The monoisotopic (exact) mass is 318 g/mol. The Hall–Kier alpha value is 0.384. The highest BCUT2D eigenvalue weighted by Crippen LogP contribution is 2.64. The molecule has 0 radical (unpaired) electrons. The summed E-state index contributed by atoms with van der Waals surface area (Å²) >= 11 is 0. The van der Waals surface area contributed by atoms with E-state index in [-0.39, 0.29) is 10.1 Å². The van der Waals surface area contributed by atoms with Crippen LogP contribution < -0.4 is 0 Å². The lowest BCUT2D eigenvalue weighted by Gasteiger charge is -2.32. The predicted molar refractivity (Wildman–Crippen MR) is 89.2 cm³/mol. The van der Waals surface area contributed by atoms with Crippen LogP contribution in [0.15, 0.2) is 0 Å². The third-order valence-electron chi connectivity index (χ3n) is 5.88. The van der Waals surface area contributed by atoms with Crippen molar-refractivity contribution in [3.8, 4) is 0 Å². The Morgan fingerprint density at radius 2 is 1.00 bits per heavy atom. The van der Waals surface area contributed by atoms with Crippen LogP contribution in [0, 0.1) is 0 Å². The molecule has 0 N–H and O–H groups in total. The Morgan fingerprint density at radius 3 is 1.16 bits per heavy atom. The van der Waals surface area contributed by atoms with Crippen molar-refractivity contribution < 1.29 is 8.42 Å². The van der Waals surface area contributed by atoms with Gasteiger partial charge in [0.05, 0.1) is 27.7 Å². The number of hydrogen-bond donors (Lipinski definition) is 0. The van der Waals surface area contributed by atoms with Gasteiger partial charge in [0.2, 0.25) is 0 Å². The van der Waals surface area contributed by atoms with Crippen molar-refractivity contribution in [1.29, 1.82) is 0 Å². The summed E-state index contributed by atoms with van der Waals surface area (Å²) in [5.74, 6) is 0.976. The zero-order valence-corrected chi connectivity index (χ0v) is 16.3. The van der Waals surface area contributed by atoms with Gasteiger partial charge < -0.3 is 0 Å². The van der Waals surface area contributed by atoms with E-state index < -0.39 is 26.0 Å². The quantitative estimate of drug-likeness (QED) is 0.690. The molecule has 19 heavy (non-hydrogen) atoms. The fourth-order valence-corrected chi connectivity index (χ4v) is 13.8. The van der Waals surface area contributed by atoms with E-state index in [0.717, 1.165) is 25.7 Å². The maximum absolute atomic E-state index is 12.7. The lowest BCUT2D eigenvalue weighted by molar-refractivity contribution is 0.588. The minimum absolute atomic E-state index is 0.210. The van der Waals surface area contributed by atoms with Gasteiger partial charge in [0, 0.05) is 0 Å². The highest BCUT2D eigenvalue weighted by Gasteiger charge is 2.59. The predicted octanol–water partition coefficient (Wildman–Crippen LogP) is 4.15. The summed E-state index contributed by atoms with van der Waals surface area (Å²) in [4.78, 5) is 0. The van der Waals surface area contributed by atoms with Crippen molar-refractivity contribution in [3.05, 3.63) is 0 Å². The van der Waals surface area contributed by atoms with Crippen molar-refractivity contribution in [2.75, 3.05) is 11.5 Å². The summed E-state index contributed by atoms with van der Waals surface area (Å²) in [6.45, 7) is 14.0. The molecule has 2 rings (SSSR count). The summed E-state index contributed by atoms with van der Waals surface area (Å²) in [5.41, 5.74) is 0. The molecule has 0 bridgehead atoms. The molecule has 2 aliphatic rings. The molecule has 0 saturated heterocycles. The van der Waals surface area contributed by atoms with Gasteiger partial charge in [0.15, 0.2) is 9.84 Å². The van der Waals surface area contributed by atoms with E-state index >= 15 is 0 Å². The highest BCUT2D eigenvalue weighted by molar-refractivity contribution is 7.91. The molecule has 2 nitrogen and oxygen atoms in total. The second-order valence-corrected chi connectivity index (χ2v) is 22.3. The van der Waals surface area contributed by atoms with Gasteiger partial charge in [0.1, 0.15) is 0 Å². The summed E-state index contributed by atoms with van der Waals surface area (Å²) in [5, 5.41) is 0.419. The molecule has 112 valence electrons. The average molecular weight is 319 g/mol. The van der Waals surface area contributed by atoms with Crippen LogP contribution in [0.3, 0.4) is 0 Å². The third kappa shape index (κ3) is 3.03. The van der Waals surface area contributed by atoms with E-state index in [9.17, 15) is 8.42 Å². The zero-order valence-electron chi connectivity index (χ0n) is 13.5. The van der Waals surface area contributed by atoms with Crippen molar-refractivity contribution in [3.63, 3.8) is 0 Å². The van der Waals surface area contributed by atoms with Gasteiger partial charge >= 0.3 is 0 Å². The van der Waals surface area contributed by atoms with Gasteiger partial charge in [-0.3, -0.25) is 0 Å². The average Bonchev–Trinajstić information content (AvgIpc) is 2.96.